The lowest BCUT2D eigenvalue weighted by molar-refractivity contribution is 0.0686. The summed E-state index contributed by atoms with van der Waals surface area (Å²) in [6.07, 6.45) is 7.27. The minimum Gasteiger partial charge on any atom is -0.495 e. The van der Waals surface area contributed by atoms with E-state index in [1.807, 2.05) is 11.0 Å². The van der Waals surface area contributed by atoms with Crippen molar-refractivity contribution in [1.29, 1.82) is 0 Å². The number of nitrogens with zero attached hydrogens (tertiary/aromatic N) is 1. The monoisotopic (exact) mass is 293 g/mol. The summed E-state index contributed by atoms with van der Waals surface area (Å²) in [6.45, 7) is 0.634. The Morgan fingerprint density at radius 3 is 2.55 bits per heavy atom. The Bertz CT molecular complexity index is 521. The van der Waals surface area contributed by atoms with E-state index in [1.165, 1.54) is 25.7 Å². The molecule has 4 heteroatoms. The molecule has 1 aromatic carbocycles. The lowest BCUT2D eigenvalue weighted by Crippen LogP contribution is -2.35. The van der Waals surface area contributed by atoms with Crippen LogP contribution in [0, 0.1) is 0 Å². The topological polar surface area (TPSA) is 29.5 Å². The van der Waals surface area contributed by atoms with Crippen LogP contribution in [0.3, 0.4) is 0 Å². The maximum absolute atomic E-state index is 12.6. The van der Waals surface area contributed by atoms with Crippen molar-refractivity contribution >= 4 is 17.5 Å². The zero-order chi connectivity index (χ0) is 14.1. The van der Waals surface area contributed by atoms with Gasteiger partial charge in [0.05, 0.1) is 12.1 Å². The van der Waals surface area contributed by atoms with E-state index < -0.39 is 0 Å². The molecule has 0 saturated heterocycles. The van der Waals surface area contributed by atoms with Crippen molar-refractivity contribution in [2.45, 2.75) is 51.1 Å². The normalized spacial score (nSPS) is 19.9. The van der Waals surface area contributed by atoms with Gasteiger partial charge in [-0.25, -0.2) is 0 Å². The van der Waals surface area contributed by atoms with Gasteiger partial charge in [-0.3, -0.25) is 4.79 Å². The van der Waals surface area contributed by atoms with Crippen LogP contribution in [0.1, 0.15) is 54.4 Å². The van der Waals surface area contributed by atoms with Gasteiger partial charge in [-0.1, -0.05) is 37.3 Å². The van der Waals surface area contributed by atoms with Crippen LogP contribution in [0.5, 0.6) is 5.75 Å². The van der Waals surface area contributed by atoms with Crippen molar-refractivity contribution in [1.82, 2.24) is 4.90 Å². The fourth-order valence-corrected chi connectivity index (χ4v) is 3.68. The van der Waals surface area contributed by atoms with Crippen molar-refractivity contribution in [3.05, 3.63) is 28.3 Å². The maximum Gasteiger partial charge on any atom is 0.254 e. The predicted octanol–water partition coefficient (Wildman–Crippen LogP) is 4.03. The number of hydrogen-bond donors (Lipinski definition) is 0. The van der Waals surface area contributed by atoms with Gasteiger partial charge >= 0.3 is 0 Å². The number of carbonyl (C=O) groups is 1. The van der Waals surface area contributed by atoms with Crippen LogP contribution in [0.15, 0.2) is 12.1 Å². The molecular formula is C16H20ClNO2. The first-order chi connectivity index (χ1) is 9.72. The Balaban J connectivity index is 1.88. The maximum atomic E-state index is 12.6. The standard InChI is InChI=1S/C16H20ClNO2/c1-20-14-9-8-12-13(15(14)17)10-18(16(12)19)11-6-4-2-3-5-7-11/h8-9,11H,2-7,10H2,1H3. The highest BCUT2D eigenvalue weighted by molar-refractivity contribution is 6.33. The molecule has 1 saturated carbocycles. The molecular weight excluding hydrogens is 274 g/mol. The third-order valence-electron chi connectivity index (χ3n) is 4.51. The molecule has 2 aliphatic rings. The zero-order valence-corrected chi connectivity index (χ0v) is 12.6. The number of benzene rings is 1. The van der Waals surface area contributed by atoms with E-state index in [1.54, 1.807) is 13.2 Å². The van der Waals surface area contributed by atoms with Crippen molar-refractivity contribution in [3.63, 3.8) is 0 Å². The fourth-order valence-electron chi connectivity index (χ4n) is 3.37. The lowest BCUT2D eigenvalue weighted by atomic mass is 10.1. The molecule has 0 unspecified atom stereocenters. The number of carbonyl (C=O) groups excluding carboxylic acids is 1. The second-order valence-corrected chi connectivity index (χ2v) is 6.06. The van der Waals surface area contributed by atoms with E-state index in [9.17, 15) is 4.79 Å². The molecule has 3 nitrogen and oxygen atoms in total. The van der Waals surface area contributed by atoms with Gasteiger partial charge in [0.25, 0.3) is 5.91 Å². The summed E-state index contributed by atoms with van der Waals surface area (Å²) in [5.74, 6) is 0.789. The molecule has 1 aliphatic heterocycles. The van der Waals surface area contributed by atoms with Crippen molar-refractivity contribution < 1.29 is 9.53 Å². The molecule has 1 fully saturated rings. The Morgan fingerprint density at radius 1 is 1.20 bits per heavy atom. The predicted molar refractivity (Wildman–Crippen MR) is 79.4 cm³/mol. The lowest BCUT2D eigenvalue weighted by Gasteiger charge is -2.26. The second-order valence-electron chi connectivity index (χ2n) is 5.69. The van der Waals surface area contributed by atoms with Gasteiger partial charge in [0.15, 0.2) is 0 Å². The highest BCUT2D eigenvalue weighted by Crippen LogP contribution is 2.38. The van der Waals surface area contributed by atoms with E-state index >= 15 is 0 Å². The summed E-state index contributed by atoms with van der Waals surface area (Å²) in [4.78, 5) is 14.6. The molecule has 0 N–H and O–H groups in total. The number of hydrogen-bond acceptors (Lipinski definition) is 2. The van der Waals surface area contributed by atoms with Gasteiger partial charge in [0, 0.05) is 23.7 Å². The molecule has 108 valence electrons. The quantitative estimate of drug-likeness (QED) is 0.771. The molecule has 0 radical (unpaired) electrons. The molecule has 1 aromatic rings. The summed E-state index contributed by atoms with van der Waals surface area (Å²) >= 11 is 6.35. The third-order valence-corrected chi connectivity index (χ3v) is 4.93. The summed E-state index contributed by atoms with van der Waals surface area (Å²) in [7, 11) is 1.60. The number of fused-ring (bicyclic) bond motifs is 1. The van der Waals surface area contributed by atoms with E-state index in [4.69, 9.17) is 16.3 Å². The van der Waals surface area contributed by atoms with Crippen LogP contribution in [-0.2, 0) is 6.54 Å². The van der Waals surface area contributed by atoms with E-state index in [0.29, 0.717) is 23.4 Å². The van der Waals surface area contributed by atoms with E-state index in [2.05, 4.69) is 0 Å². The highest BCUT2D eigenvalue weighted by Gasteiger charge is 2.34. The molecule has 0 atom stereocenters. The molecule has 3 rings (SSSR count). The first-order valence-electron chi connectivity index (χ1n) is 7.38. The second kappa shape index (κ2) is 5.65. The van der Waals surface area contributed by atoms with Gasteiger partial charge in [-0.05, 0) is 25.0 Å². The number of halogens is 1. The number of rotatable bonds is 2. The van der Waals surface area contributed by atoms with Crippen LogP contribution in [-0.4, -0.2) is 24.0 Å². The number of methoxy groups -OCH3 is 1. The molecule has 20 heavy (non-hydrogen) atoms. The van der Waals surface area contributed by atoms with Crippen molar-refractivity contribution in [3.8, 4) is 5.75 Å². The summed E-state index contributed by atoms with van der Waals surface area (Å²) in [6, 6.07) is 4.01. The van der Waals surface area contributed by atoms with Crippen LogP contribution < -0.4 is 4.74 Å². The summed E-state index contributed by atoms with van der Waals surface area (Å²) in [5.41, 5.74) is 1.68. The van der Waals surface area contributed by atoms with E-state index in [0.717, 1.165) is 24.0 Å². The van der Waals surface area contributed by atoms with Gasteiger partial charge in [0.2, 0.25) is 0 Å². The first kappa shape index (κ1) is 13.7. The Hall–Kier alpha value is -1.22. The summed E-state index contributed by atoms with van der Waals surface area (Å²) < 4.78 is 5.24. The highest BCUT2D eigenvalue weighted by atomic mass is 35.5. The smallest absolute Gasteiger partial charge is 0.254 e. The average molecular weight is 294 g/mol. The Labute approximate surface area is 124 Å². The third kappa shape index (κ3) is 2.28. The fraction of sp³-hybridized carbons (Fsp3) is 0.562. The van der Waals surface area contributed by atoms with E-state index in [-0.39, 0.29) is 5.91 Å². The molecule has 0 aromatic heterocycles. The van der Waals surface area contributed by atoms with Crippen LogP contribution in [0.25, 0.3) is 0 Å². The molecule has 0 spiro atoms. The number of ether oxygens (including phenoxy) is 1. The minimum absolute atomic E-state index is 0.136. The first-order valence-corrected chi connectivity index (χ1v) is 7.76. The van der Waals surface area contributed by atoms with Crippen molar-refractivity contribution in [2.24, 2.45) is 0 Å². The Morgan fingerprint density at radius 2 is 1.90 bits per heavy atom. The zero-order valence-electron chi connectivity index (χ0n) is 11.8. The molecule has 0 bridgehead atoms. The van der Waals surface area contributed by atoms with Crippen LogP contribution >= 0.6 is 11.6 Å². The SMILES string of the molecule is COc1ccc2c(c1Cl)CN(C1CCCCCC1)C2=O. The largest absolute Gasteiger partial charge is 0.495 e. The molecule has 1 heterocycles. The minimum atomic E-state index is 0.136. The summed E-state index contributed by atoms with van der Waals surface area (Å²) in [5, 5.41) is 0.592. The molecule has 1 amide bonds. The molecule has 1 aliphatic carbocycles. The average Bonchev–Trinajstić information content (AvgIpc) is 2.66. The van der Waals surface area contributed by atoms with Gasteiger partial charge in [0.1, 0.15) is 5.75 Å². The Kier molecular flexibility index (Phi) is 3.88. The number of amides is 1. The van der Waals surface area contributed by atoms with Gasteiger partial charge < -0.3 is 9.64 Å². The van der Waals surface area contributed by atoms with Crippen LogP contribution in [0.4, 0.5) is 0 Å². The van der Waals surface area contributed by atoms with Crippen LogP contribution in [0.2, 0.25) is 5.02 Å². The van der Waals surface area contributed by atoms with Gasteiger partial charge in [-0.15, -0.1) is 0 Å². The van der Waals surface area contributed by atoms with Gasteiger partial charge in [-0.2, -0.15) is 0 Å². The van der Waals surface area contributed by atoms with Crippen molar-refractivity contribution in [2.75, 3.05) is 7.11 Å².